The molecule has 0 aliphatic carbocycles. The molecule has 0 fully saturated rings. The van der Waals surface area contributed by atoms with E-state index in [-0.39, 0.29) is 16.4 Å². The Kier molecular flexibility index (Phi) is 4.35. The monoisotopic (exact) mass is 347 g/mol. The number of halogens is 3. The maximum absolute atomic E-state index is 14.0. The quantitative estimate of drug-likeness (QED) is 0.579. The van der Waals surface area contributed by atoms with E-state index in [9.17, 15) is 13.2 Å². The summed E-state index contributed by atoms with van der Waals surface area (Å²) in [5.41, 5.74) is 7.08. The normalized spacial score (nSPS) is 10.8. The highest BCUT2D eigenvalue weighted by Gasteiger charge is 2.18. The maximum atomic E-state index is 14.0. The largest absolute Gasteiger partial charge is 0.389 e. The fourth-order valence-corrected chi connectivity index (χ4v) is 2.53. The number of hydrogen-bond acceptors (Lipinski definition) is 2. The zero-order valence-electron chi connectivity index (χ0n) is 12.3. The molecule has 0 atom stereocenters. The number of nitrogens with two attached hydrogens (primary N) is 1. The molecular formula is C17H12F3N3S. The minimum absolute atomic E-state index is 0.107. The Labute approximate surface area is 141 Å². The predicted molar refractivity (Wildman–Crippen MR) is 89.0 cm³/mol. The van der Waals surface area contributed by atoms with Crippen LogP contribution in [0.1, 0.15) is 11.1 Å². The highest BCUT2D eigenvalue weighted by Crippen LogP contribution is 2.25. The Hall–Kier alpha value is -2.67. The fraction of sp³-hybridized carbons (Fsp3) is 0.0588. The average Bonchev–Trinajstić information content (AvgIpc) is 3.01. The van der Waals surface area contributed by atoms with Gasteiger partial charge in [0.2, 0.25) is 0 Å². The summed E-state index contributed by atoms with van der Waals surface area (Å²) in [7, 11) is 0. The molecule has 2 aromatic carbocycles. The van der Waals surface area contributed by atoms with Crippen LogP contribution in [0, 0.1) is 17.5 Å². The number of nitrogens with zero attached hydrogens (tertiary/aromatic N) is 2. The molecule has 0 spiro atoms. The van der Waals surface area contributed by atoms with E-state index in [1.54, 1.807) is 22.9 Å². The summed E-state index contributed by atoms with van der Waals surface area (Å²) in [6.45, 7) is 0.351. The van der Waals surface area contributed by atoms with Crippen LogP contribution < -0.4 is 5.73 Å². The van der Waals surface area contributed by atoms with E-state index in [1.807, 2.05) is 12.1 Å². The van der Waals surface area contributed by atoms with Crippen molar-refractivity contribution in [2.45, 2.75) is 6.54 Å². The molecule has 0 aliphatic rings. The Balaban J connectivity index is 1.99. The van der Waals surface area contributed by atoms with E-state index in [2.05, 4.69) is 4.98 Å². The molecule has 7 heteroatoms. The topological polar surface area (TPSA) is 43.8 Å². The molecule has 3 rings (SSSR count). The average molecular weight is 347 g/mol. The van der Waals surface area contributed by atoms with Gasteiger partial charge in [-0.3, -0.25) is 0 Å². The number of benzene rings is 2. The lowest BCUT2D eigenvalue weighted by molar-refractivity contribution is 0.448. The van der Waals surface area contributed by atoms with Crippen LogP contribution in [0.4, 0.5) is 13.2 Å². The van der Waals surface area contributed by atoms with Crippen molar-refractivity contribution in [3.63, 3.8) is 0 Å². The zero-order valence-corrected chi connectivity index (χ0v) is 13.2. The van der Waals surface area contributed by atoms with Crippen LogP contribution in [-0.4, -0.2) is 14.5 Å². The van der Waals surface area contributed by atoms with E-state index in [1.165, 1.54) is 6.20 Å². The number of imidazole rings is 1. The van der Waals surface area contributed by atoms with Gasteiger partial charge >= 0.3 is 0 Å². The third-order valence-corrected chi connectivity index (χ3v) is 3.79. The summed E-state index contributed by atoms with van der Waals surface area (Å²) in [4.78, 5) is 4.33. The number of aromatic nitrogens is 2. The van der Waals surface area contributed by atoms with Gasteiger partial charge in [0.15, 0.2) is 17.5 Å². The van der Waals surface area contributed by atoms with E-state index in [0.29, 0.717) is 12.1 Å². The molecule has 0 unspecified atom stereocenters. The van der Waals surface area contributed by atoms with Crippen molar-refractivity contribution in [1.29, 1.82) is 0 Å². The van der Waals surface area contributed by atoms with Crippen molar-refractivity contribution in [3.05, 3.63) is 77.4 Å². The van der Waals surface area contributed by atoms with Crippen molar-refractivity contribution in [2.24, 2.45) is 5.73 Å². The second kappa shape index (κ2) is 6.45. The number of rotatable bonds is 4. The SMILES string of the molecule is NC(=S)c1cccc(Cn2ccnc2-c2ccc(F)c(F)c2F)c1. The summed E-state index contributed by atoms with van der Waals surface area (Å²) < 4.78 is 42.2. The van der Waals surface area contributed by atoms with Crippen molar-refractivity contribution in [3.8, 4) is 11.4 Å². The molecule has 0 radical (unpaired) electrons. The van der Waals surface area contributed by atoms with Crippen molar-refractivity contribution in [2.75, 3.05) is 0 Å². The number of thiocarbonyl (C=S) groups is 1. The molecule has 24 heavy (non-hydrogen) atoms. The summed E-state index contributed by atoms with van der Waals surface area (Å²) >= 11 is 4.95. The molecule has 0 saturated heterocycles. The third kappa shape index (κ3) is 3.03. The molecule has 2 N–H and O–H groups in total. The van der Waals surface area contributed by atoms with Crippen LogP contribution >= 0.6 is 12.2 Å². The van der Waals surface area contributed by atoms with Gasteiger partial charge in [-0.25, -0.2) is 18.2 Å². The van der Waals surface area contributed by atoms with Crippen molar-refractivity contribution < 1.29 is 13.2 Å². The second-order valence-corrected chi connectivity index (χ2v) is 5.61. The smallest absolute Gasteiger partial charge is 0.195 e. The minimum Gasteiger partial charge on any atom is -0.389 e. The molecule has 0 aliphatic heterocycles. The van der Waals surface area contributed by atoms with Gasteiger partial charge in [0.1, 0.15) is 10.8 Å². The lowest BCUT2D eigenvalue weighted by atomic mass is 10.1. The van der Waals surface area contributed by atoms with Gasteiger partial charge in [0.25, 0.3) is 0 Å². The van der Waals surface area contributed by atoms with Gasteiger partial charge in [0, 0.05) is 24.5 Å². The fourth-order valence-electron chi connectivity index (χ4n) is 2.40. The Morgan fingerprint density at radius 1 is 1.12 bits per heavy atom. The van der Waals surface area contributed by atoms with Crippen LogP contribution in [0.2, 0.25) is 0 Å². The van der Waals surface area contributed by atoms with E-state index in [4.69, 9.17) is 18.0 Å². The second-order valence-electron chi connectivity index (χ2n) is 5.17. The first-order chi connectivity index (χ1) is 11.5. The van der Waals surface area contributed by atoms with Gasteiger partial charge in [0.05, 0.1) is 5.56 Å². The van der Waals surface area contributed by atoms with Crippen LogP contribution in [0.15, 0.2) is 48.8 Å². The lowest BCUT2D eigenvalue weighted by Gasteiger charge is -2.10. The van der Waals surface area contributed by atoms with Gasteiger partial charge in [-0.2, -0.15) is 0 Å². The molecule has 0 saturated carbocycles. The highest BCUT2D eigenvalue weighted by atomic mass is 32.1. The molecule has 3 aromatic rings. The first-order valence-electron chi connectivity index (χ1n) is 7.01. The van der Waals surface area contributed by atoms with Crippen molar-refractivity contribution in [1.82, 2.24) is 9.55 Å². The molecule has 0 amide bonds. The Bertz CT molecular complexity index is 921. The number of hydrogen-bond donors (Lipinski definition) is 1. The lowest BCUT2D eigenvalue weighted by Crippen LogP contribution is -2.10. The molecule has 1 heterocycles. The molecule has 122 valence electrons. The summed E-state index contributed by atoms with van der Waals surface area (Å²) in [5, 5.41) is 0. The van der Waals surface area contributed by atoms with Gasteiger partial charge in [-0.15, -0.1) is 0 Å². The summed E-state index contributed by atoms with van der Waals surface area (Å²) in [6, 6.07) is 9.30. The van der Waals surface area contributed by atoms with E-state index >= 15 is 0 Å². The standard InChI is InChI=1S/C17H12F3N3S/c18-13-5-4-12(14(19)15(13)20)17-22-6-7-23(17)9-10-2-1-3-11(8-10)16(21)24/h1-8H,9H2,(H2,21,24). The first kappa shape index (κ1) is 16.2. The summed E-state index contributed by atoms with van der Waals surface area (Å²) in [6.07, 6.45) is 3.09. The predicted octanol–water partition coefficient (Wildman–Crippen LogP) is 3.65. The summed E-state index contributed by atoms with van der Waals surface area (Å²) in [5.74, 6) is -3.82. The first-order valence-corrected chi connectivity index (χ1v) is 7.42. The van der Waals surface area contributed by atoms with Crippen LogP contribution in [0.5, 0.6) is 0 Å². The molecular weight excluding hydrogens is 335 g/mol. The Morgan fingerprint density at radius 2 is 1.92 bits per heavy atom. The van der Waals surface area contributed by atoms with Crippen LogP contribution in [0.3, 0.4) is 0 Å². The zero-order chi connectivity index (χ0) is 17.3. The third-order valence-electron chi connectivity index (χ3n) is 3.56. The van der Waals surface area contributed by atoms with E-state index < -0.39 is 17.5 Å². The van der Waals surface area contributed by atoms with Gasteiger partial charge < -0.3 is 10.3 Å². The van der Waals surface area contributed by atoms with Crippen molar-refractivity contribution >= 4 is 17.2 Å². The van der Waals surface area contributed by atoms with Gasteiger partial charge in [-0.05, 0) is 23.8 Å². The molecule has 0 bridgehead atoms. The Morgan fingerprint density at radius 3 is 2.67 bits per heavy atom. The molecule has 1 aromatic heterocycles. The highest BCUT2D eigenvalue weighted by molar-refractivity contribution is 7.80. The van der Waals surface area contributed by atoms with E-state index in [0.717, 1.165) is 17.7 Å². The maximum Gasteiger partial charge on any atom is 0.195 e. The van der Waals surface area contributed by atoms with Gasteiger partial charge in [-0.1, -0.05) is 30.4 Å². The minimum atomic E-state index is -1.52. The van der Waals surface area contributed by atoms with Crippen LogP contribution in [0.25, 0.3) is 11.4 Å². The van der Waals surface area contributed by atoms with Crippen LogP contribution in [-0.2, 0) is 6.54 Å². The molecule has 3 nitrogen and oxygen atoms in total.